The van der Waals surface area contributed by atoms with Gasteiger partial charge in [0.1, 0.15) is 0 Å². The molecule has 0 unspecified atom stereocenters. The predicted octanol–water partition coefficient (Wildman–Crippen LogP) is 3.23. The van der Waals surface area contributed by atoms with Crippen LogP contribution in [0.15, 0.2) is 60.1 Å². The summed E-state index contributed by atoms with van der Waals surface area (Å²) in [6.45, 7) is 10.0. The van der Waals surface area contributed by atoms with Gasteiger partial charge in [0.05, 0.1) is 24.2 Å². The van der Waals surface area contributed by atoms with Crippen molar-refractivity contribution in [2.24, 2.45) is 5.92 Å². The fraction of sp³-hybridized carbons (Fsp3) is 0.455. The Labute approximate surface area is 179 Å². The van der Waals surface area contributed by atoms with Crippen LogP contribution in [0.1, 0.15) is 32.0 Å². The first-order valence-electron chi connectivity index (χ1n) is 10.4. The van der Waals surface area contributed by atoms with Crippen molar-refractivity contribution in [3.05, 3.63) is 66.2 Å². The topological polar surface area (TPSA) is 73.0 Å². The molecular formula is C22H31N5O2S. The van der Waals surface area contributed by atoms with E-state index in [4.69, 9.17) is 0 Å². The van der Waals surface area contributed by atoms with Crippen molar-refractivity contribution < 1.29 is 8.42 Å². The lowest BCUT2D eigenvalue weighted by Gasteiger charge is -2.22. The normalized spacial score (nSPS) is 12.2. The van der Waals surface area contributed by atoms with Crippen molar-refractivity contribution in [3.8, 4) is 0 Å². The van der Waals surface area contributed by atoms with Crippen molar-refractivity contribution in [2.75, 3.05) is 13.1 Å². The van der Waals surface area contributed by atoms with Gasteiger partial charge in [0, 0.05) is 32.0 Å². The first-order chi connectivity index (χ1) is 14.4. The van der Waals surface area contributed by atoms with Crippen molar-refractivity contribution >= 4 is 9.84 Å². The van der Waals surface area contributed by atoms with Crippen LogP contribution in [0.2, 0.25) is 0 Å². The maximum Gasteiger partial charge on any atom is 0.228 e. The number of likely N-dealkylation sites (N-methyl/N-ethyl adjacent to an activating group) is 1. The lowest BCUT2D eigenvalue weighted by molar-refractivity contribution is 0.254. The Morgan fingerprint density at radius 2 is 1.90 bits per heavy atom. The molecule has 162 valence electrons. The second-order valence-corrected chi connectivity index (χ2v) is 9.80. The lowest BCUT2D eigenvalue weighted by Crippen LogP contribution is -2.29. The van der Waals surface area contributed by atoms with E-state index in [2.05, 4.69) is 35.8 Å². The van der Waals surface area contributed by atoms with Gasteiger partial charge < -0.3 is 4.57 Å². The van der Waals surface area contributed by atoms with Crippen LogP contribution in [-0.2, 0) is 35.2 Å². The van der Waals surface area contributed by atoms with Gasteiger partial charge in [-0.1, -0.05) is 51.1 Å². The summed E-state index contributed by atoms with van der Waals surface area (Å²) in [5, 5.41) is 4.42. The molecule has 0 radical (unpaired) electrons. The number of hydrogen-bond donors (Lipinski definition) is 0. The number of aromatic nitrogens is 4. The minimum absolute atomic E-state index is 0.0425. The number of sulfone groups is 1. The maximum atomic E-state index is 13.1. The largest absolute Gasteiger partial charge is 0.317 e. The molecule has 1 aromatic carbocycles. The summed E-state index contributed by atoms with van der Waals surface area (Å²) in [5.74, 6) is 0.266. The van der Waals surface area contributed by atoms with Crippen molar-refractivity contribution in [1.82, 2.24) is 24.2 Å². The van der Waals surface area contributed by atoms with E-state index in [0.29, 0.717) is 19.0 Å². The van der Waals surface area contributed by atoms with E-state index < -0.39 is 9.84 Å². The van der Waals surface area contributed by atoms with Gasteiger partial charge in [-0.25, -0.2) is 13.4 Å². The summed E-state index contributed by atoms with van der Waals surface area (Å²) in [6, 6.07) is 11.2. The molecule has 2 aromatic heterocycles. The van der Waals surface area contributed by atoms with Crippen LogP contribution in [-0.4, -0.2) is 45.7 Å². The van der Waals surface area contributed by atoms with Gasteiger partial charge >= 0.3 is 0 Å². The van der Waals surface area contributed by atoms with Crippen molar-refractivity contribution in [1.29, 1.82) is 0 Å². The van der Waals surface area contributed by atoms with E-state index in [1.165, 1.54) is 0 Å². The minimum atomic E-state index is -3.54. The molecule has 0 fully saturated rings. The Morgan fingerprint density at radius 1 is 1.13 bits per heavy atom. The first kappa shape index (κ1) is 22.2. The van der Waals surface area contributed by atoms with Crippen LogP contribution in [0.25, 0.3) is 0 Å². The smallest absolute Gasteiger partial charge is 0.228 e. The van der Waals surface area contributed by atoms with Crippen molar-refractivity contribution in [2.45, 2.75) is 51.3 Å². The molecule has 7 nitrogen and oxygen atoms in total. The van der Waals surface area contributed by atoms with E-state index in [0.717, 1.165) is 30.9 Å². The van der Waals surface area contributed by atoms with Gasteiger partial charge in [-0.15, -0.1) is 0 Å². The summed E-state index contributed by atoms with van der Waals surface area (Å²) in [7, 11) is -3.54. The summed E-state index contributed by atoms with van der Waals surface area (Å²) >= 11 is 0. The first-order valence-corrected chi connectivity index (χ1v) is 12.0. The van der Waals surface area contributed by atoms with Gasteiger partial charge in [-0.3, -0.25) is 9.58 Å². The Kier molecular flexibility index (Phi) is 7.44. The zero-order valence-corrected chi connectivity index (χ0v) is 18.8. The fourth-order valence-electron chi connectivity index (χ4n) is 3.44. The Bertz CT molecular complexity index is 1010. The highest BCUT2D eigenvalue weighted by Crippen LogP contribution is 2.20. The molecule has 0 saturated carbocycles. The molecule has 0 atom stereocenters. The third kappa shape index (κ3) is 5.79. The predicted molar refractivity (Wildman–Crippen MR) is 118 cm³/mol. The number of imidazole rings is 1. The monoisotopic (exact) mass is 429 g/mol. The second kappa shape index (κ2) is 10.0. The Morgan fingerprint density at radius 3 is 2.53 bits per heavy atom. The van der Waals surface area contributed by atoms with Crippen LogP contribution in [0.5, 0.6) is 0 Å². The third-order valence-electron chi connectivity index (χ3n) is 4.96. The van der Waals surface area contributed by atoms with E-state index in [-0.39, 0.29) is 10.9 Å². The average molecular weight is 430 g/mol. The molecule has 0 amide bonds. The van der Waals surface area contributed by atoms with E-state index in [1.807, 2.05) is 51.8 Å². The van der Waals surface area contributed by atoms with Crippen molar-refractivity contribution in [3.63, 3.8) is 0 Å². The molecule has 3 aromatic rings. The van der Waals surface area contributed by atoms with Gasteiger partial charge in [0.25, 0.3) is 0 Å². The highest BCUT2D eigenvalue weighted by Gasteiger charge is 2.25. The molecule has 0 aliphatic rings. The van der Waals surface area contributed by atoms with Gasteiger partial charge in [-0.05, 0) is 24.1 Å². The zero-order valence-electron chi connectivity index (χ0n) is 18.0. The summed E-state index contributed by atoms with van der Waals surface area (Å²) < 4.78 is 30.1. The fourth-order valence-corrected chi connectivity index (χ4v) is 4.94. The molecule has 0 aliphatic heterocycles. The zero-order chi connectivity index (χ0) is 21.6. The molecule has 8 heteroatoms. The molecular weight excluding hydrogens is 398 g/mol. The standard InChI is InChI=1S/C22H31N5O2S/c1-4-25(13-14-26-12-8-11-24-26)17-21-15-23-22(27(21)16-19(2)3)30(28,29)18-20-9-6-5-7-10-20/h5-12,15,19H,4,13-14,16-18H2,1-3H3. The SMILES string of the molecule is CCN(CCn1cccn1)Cc1cnc(S(=O)(=O)Cc2ccccc2)n1CC(C)C. The molecule has 30 heavy (non-hydrogen) atoms. The molecule has 3 rings (SSSR count). The highest BCUT2D eigenvalue weighted by atomic mass is 32.2. The number of nitrogens with zero attached hydrogens (tertiary/aromatic N) is 5. The number of hydrogen-bond acceptors (Lipinski definition) is 5. The quantitative estimate of drug-likeness (QED) is 0.468. The summed E-state index contributed by atoms with van der Waals surface area (Å²) in [4.78, 5) is 6.65. The molecule has 0 spiro atoms. The highest BCUT2D eigenvalue weighted by molar-refractivity contribution is 7.90. The van der Waals surface area contributed by atoms with Crippen LogP contribution in [0.4, 0.5) is 0 Å². The Hall–Kier alpha value is -2.45. The van der Waals surface area contributed by atoms with Gasteiger partial charge in [-0.2, -0.15) is 5.10 Å². The van der Waals surface area contributed by atoms with Crippen LogP contribution >= 0.6 is 0 Å². The molecule has 0 saturated heterocycles. The van der Waals surface area contributed by atoms with Gasteiger partial charge in [0.15, 0.2) is 0 Å². The molecule has 0 aliphatic carbocycles. The molecule has 2 heterocycles. The summed E-state index contributed by atoms with van der Waals surface area (Å²) in [6.07, 6.45) is 5.44. The number of rotatable bonds is 11. The van der Waals surface area contributed by atoms with E-state index in [1.54, 1.807) is 12.4 Å². The van der Waals surface area contributed by atoms with E-state index in [9.17, 15) is 8.42 Å². The Balaban J connectivity index is 1.81. The minimum Gasteiger partial charge on any atom is -0.317 e. The van der Waals surface area contributed by atoms with Crippen LogP contribution in [0.3, 0.4) is 0 Å². The van der Waals surface area contributed by atoms with Crippen LogP contribution in [0, 0.1) is 5.92 Å². The summed E-state index contributed by atoms with van der Waals surface area (Å²) in [5.41, 5.74) is 1.70. The number of benzene rings is 1. The average Bonchev–Trinajstić information content (AvgIpc) is 3.35. The molecule has 0 N–H and O–H groups in total. The third-order valence-corrected chi connectivity index (χ3v) is 6.56. The lowest BCUT2D eigenvalue weighted by atomic mass is 10.2. The molecule has 0 bridgehead atoms. The second-order valence-electron chi connectivity index (χ2n) is 7.92. The van der Waals surface area contributed by atoms with Crippen LogP contribution < -0.4 is 0 Å². The van der Waals surface area contributed by atoms with Gasteiger partial charge in [0.2, 0.25) is 15.0 Å². The maximum absolute atomic E-state index is 13.1. The van der Waals surface area contributed by atoms with E-state index >= 15 is 0 Å².